The van der Waals surface area contributed by atoms with Crippen molar-refractivity contribution in [3.63, 3.8) is 0 Å². The highest BCUT2D eigenvalue weighted by atomic mass is 32.1. The van der Waals surface area contributed by atoms with Gasteiger partial charge in [0.1, 0.15) is 27.5 Å². The van der Waals surface area contributed by atoms with Gasteiger partial charge in [-0.05, 0) is 46.1 Å². The predicted molar refractivity (Wildman–Crippen MR) is 176 cm³/mol. The summed E-state index contributed by atoms with van der Waals surface area (Å²) in [5.41, 5.74) is 4.89. The maximum Gasteiger partial charge on any atom is 0.186 e. The molecule has 0 N–H and O–H groups in total. The van der Waals surface area contributed by atoms with Gasteiger partial charge in [-0.25, -0.2) is 9.97 Å². The van der Waals surface area contributed by atoms with Crippen molar-refractivity contribution < 1.29 is 9.59 Å². The third kappa shape index (κ3) is 3.90. The molecular formula is C32H50N2O2S2Si2. The van der Waals surface area contributed by atoms with Crippen LogP contribution in [-0.4, -0.2) is 37.7 Å². The quantitative estimate of drug-likeness (QED) is 0.279. The highest BCUT2D eigenvalue weighted by Gasteiger charge is 2.57. The first-order chi connectivity index (χ1) is 18.6. The summed E-state index contributed by atoms with van der Waals surface area (Å²) < 4.78 is 2.54. The number of hydrogen-bond acceptors (Lipinski definition) is 6. The molecule has 1 fully saturated rings. The minimum atomic E-state index is -1.93. The smallest absolute Gasteiger partial charge is 0.186 e. The average Bonchev–Trinajstić information content (AvgIpc) is 3.56. The lowest BCUT2D eigenvalue weighted by Crippen LogP contribution is -2.55. The van der Waals surface area contributed by atoms with Crippen LogP contribution in [-0.2, 0) is 0 Å². The van der Waals surface area contributed by atoms with E-state index in [0.717, 1.165) is 24.2 Å². The average molecular weight is 615 g/mol. The fourth-order valence-corrected chi connectivity index (χ4v) is 30.0. The van der Waals surface area contributed by atoms with Crippen molar-refractivity contribution >= 4 is 59.6 Å². The Bertz CT molecular complexity index is 1180. The van der Waals surface area contributed by atoms with Crippen molar-refractivity contribution in [1.82, 2.24) is 9.97 Å². The Balaban J connectivity index is 1.51. The molecule has 3 aliphatic rings. The van der Waals surface area contributed by atoms with Crippen LogP contribution in [0.3, 0.4) is 0 Å². The molecule has 4 unspecified atom stereocenters. The molecule has 40 heavy (non-hydrogen) atoms. The van der Waals surface area contributed by atoms with Gasteiger partial charge in [0, 0.05) is 33.4 Å². The third-order valence-corrected chi connectivity index (χ3v) is 29.5. The SMILES string of the molecule is CC(C)[Si](c1nc2c(s1)C1CC3C(=O)c4nc([Si](C(C)C)(C(C)C)C(C)C)sc4C3CC1C2=O)(C(C)C)C(C)C. The Hall–Kier alpha value is -0.966. The second kappa shape index (κ2) is 10.3. The summed E-state index contributed by atoms with van der Waals surface area (Å²) in [5, 5.41) is 0. The second-order valence-corrected chi connectivity index (χ2v) is 29.3. The van der Waals surface area contributed by atoms with E-state index in [1.165, 1.54) is 19.0 Å². The van der Waals surface area contributed by atoms with Crippen molar-refractivity contribution in [1.29, 1.82) is 0 Å². The monoisotopic (exact) mass is 614 g/mol. The van der Waals surface area contributed by atoms with Crippen LogP contribution in [0.15, 0.2) is 0 Å². The zero-order valence-electron chi connectivity index (χ0n) is 26.7. The van der Waals surface area contributed by atoms with Crippen molar-refractivity contribution in [2.45, 2.75) is 141 Å². The van der Waals surface area contributed by atoms with E-state index in [1.54, 1.807) is 0 Å². The summed E-state index contributed by atoms with van der Waals surface area (Å²) in [7, 11) is -3.86. The summed E-state index contributed by atoms with van der Waals surface area (Å²) in [6.45, 7) is 28.3. The van der Waals surface area contributed by atoms with E-state index < -0.39 is 16.1 Å². The molecule has 0 radical (unpaired) electrons. The highest BCUT2D eigenvalue weighted by molar-refractivity contribution is 7.28. The maximum absolute atomic E-state index is 14.0. The van der Waals surface area contributed by atoms with Gasteiger partial charge in [0.2, 0.25) is 0 Å². The molecule has 0 amide bonds. The Morgan fingerprint density at radius 1 is 0.525 bits per heavy atom. The third-order valence-electron chi connectivity index (χ3n) is 11.6. The number of carbonyl (C=O) groups is 2. The van der Waals surface area contributed by atoms with Crippen LogP contribution in [0.5, 0.6) is 0 Å². The fourth-order valence-electron chi connectivity index (χ4n) is 10.1. The fraction of sp³-hybridized carbons (Fsp3) is 0.750. The minimum Gasteiger partial charge on any atom is -0.292 e. The van der Waals surface area contributed by atoms with Crippen LogP contribution < -0.4 is 9.26 Å². The lowest BCUT2D eigenvalue weighted by molar-refractivity contribution is 0.0786. The number of aromatic nitrogens is 2. The number of ketones is 2. The molecule has 2 aromatic rings. The van der Waals surface area contributed by atoms with E-state index in [-0.39, 0.29) is 35.2 Å². The first-order valence-corrected chi connectivity index (χ1v) is 21.8. The van der Waals surface area contributed by atoms with Gasteiger partial charge in [-0.3, -0.25) is 9.59 Å². The minimum absolute atomic E-state index is 0.0242. The summed E-state index contributed by atoms with van der Waals surface area (Å²) in [4.78, 5) is 40.8. The van der Waals surface area contributed by atoms with E-state index in [9.17, 15) is 9.59 Å². The van der Waals surface area contributed by atoms with Crippen LogP contribution >= 0.6 is 22.7 Å². The molecule has 2 heterocycles. The molecule has 8 heteroatoms. The van der Waals surface area contributed by atoms with E-state index in [2.05, 4.69) is 83.1 Å². The molecule has 1 saturated carbocycles. The highest BCUT2D eigenvalue weighted by Crippen LogP contribution is 2.58. The lowest BCUT2D eigenvalue weighted by Gasteiger charge is -2.41. The molecule has 220 valence electrons. The Morgan fingerprint density at radius 3 is 1.05 bits per heavy atom. The Morgan fingerprint density at radius 2 is 0.800 bits per heavy atom. The summed E-state index contributed by atoms with van der Waals surface area (Å²) >= 11 is 3.70. The normalized spacial score (nSPS) is 24.8. The number of nitrogens with zero attached hydrogens (tertiary/aromatic N) is 2. The van der Waals surface area contributed by atoms with Gasteiger partial charge >= 0.3 is 0 Å². The van der Waals surface area contributed by atoms with Crippen LogP contribution in [0.2, 0.25) is 33.2 Å². The molecule has 0 aliphatic heterocycles. The zero-order valence-corrected chi connectivity index (χ0v) is 30.3. The number of hydrogen-bond donors (Lipinski definition) is 0. The number of fused-ring (bicyclic) bond motifs is 6. The summed E-state index contributed by atoms with van der Waals surface area (Å²) in [6, 6.07) is 0. The Labute approximate surface area is 252 Å². The lowest BCUT2D eigenvalue weighted by atomic mass is 9.70. The van der Waals surface area contributed by atoms with Crippen LogP contribution in [0.25, 0.3) is 0 Å². The van der Waals surface area contributed by atoms with Gasteiger partial charge in [0.25, 0.3) is 0 Å². The number of carbonyl (C=O) groups excluding carboxylic acids is 2. The second-order valence-electron chi connectivity index (χ2n) is 14.9. The topological polar surface area (TPSA) is 59.9 Å². The first-order valence-electron chi connectivity index (χ1n) is 15.7. The van der Waals surface area contributed by atoms with Crippen LogP contribution in [0, 0.1) is 11.8 Å². The molecule has 0 aromatic carbocycles. The van der Waals surface area contributed by atoms with Gasteiger partial charge in [0.15, 0.2) is 11.6 Å². The summed E-state index contributed by atoms with van der Waals surface area (Å²) in [6.07, 6.45) is 1.57. The zero-order chi connectivity index (χ0) is 29.6. The standard InChI is InChI=1S/C32H50N2O2S2Si2/c1-15(2)39(16(3)4,17(5)6)31-33-25-27(35)21-14-24-22(13-23(21)29(25)37-31)28(36)26-30(24)38-32(34-26)40(18(7)8,19(9)10)20(11)12/h15-24H,13-14H2,1-12H3. The molecule has 0 saturated heterocycles. The number of Topliss-reactive ketones (excluding diaryl/α,β-unsaturated/α-hetero) is 2. The van der Waals surface area contributed by atoms with Gasteiger partial charge < -0.3 is 0 Å². The van der Waals surface area contributed by atoms with Gasteiger partial charge in [0.05, 0.1) is 9.26 Å². The van der Waals surface area contributed by atoms with Gasteiger partial charge in [-0.15, -0.1) is 22.7 Å². The van der Waals surface area contributed by atoms with E-state index >= 15 is 0 Å². The molecule has 3 aliphatic carbocycles. The Kier molecular flexibility index (Phi) is 7.88. The largest absolute Gasteiger partial charge is 0.292 e. The van der Waals surface area contributed by atoms with Crippen molar-refractivity contribution in [3.8, 4) is 0 Å². The molecule has 5 rings (SSSR count). The molecule has 4 atom stereocenters. The van der Waals surface area contributed by atoms with Gasteiger partial charge in [-0.2, -0.15) is 0 Å². The maximum atomic E-state index is 14.0. The predicted octanol–water partition coefficient (Wildman–Crippen LogP) is 8.66. The van der Waals surface area contributed by atoms with E-state index in [0.29, 0.717) is 33.2 Å². The number of rotatable bonds is 8. The summed E-state index contributed by atoms with van der Waals surface area (Å²) in [5.74, 6) is 0.761. The molecule has 0 spiro atoms. The molecule has 0 bridgehead atoms. The first kappa shape index (κ1) is 30.5. The van der Waals surface area contributed by atoms with E-state index in [4.69, 9.17) is 9.97 Å². The van der Waals surface area contributed by atoms with Crippen LogP contribution in [0.4, 0.5) is 0 Å². The molecule has 2 aromatic heterocycles. The van der Waals surface area contributed by atoms with Crippen molar-refractivity contribution in [2.24, 2.45) is 11.8 Å². The number of thiazole rings is 2. The molecular weight excluding hydrogens is 565 g/mol. The molecule has 4 nitrogen and oxygen atoms in total. The van der Waals surface area contributed by atoms with E-state index in [1.807, 2.05) is 22.7 Å². The van der Waals surface area contributed by atoms with Crippen LogP contribution in [0.1, 0.15) is 138 Å². The van der Waals surface area contributed by atoms with Gasteiger partial charge in [-0.1, -0.05) is 83.1 Å². The van der Waals surface area contributed by atoms with Crippen molar-refractivity contribution in [2.75, 3.05) is 0 Å². The van der Waals surface area contributed by atoms with Crippen molar-refractivity contribution in [3.05, 3.63) is 21.1 Å².